The molecule has 20 heteroatoms. The lowest BCUT2D eigenvalue weighted by molar-refractivity contribution is 0.0952. The Morgan fingerprint density at radius 3 is 1.76 bits per heavy atom. The van der Waals surface area contributed by atoms with Gasteiger partial charge in [-0.1, -0.05) is 25.0 Å². The molecule has 4 amide bonds. The molecule has 4 rings (SSSR count). The first-order chi connectivity index (χ1) is 27.7. The standard InChI is InChI=1S/C39H52Cl2N10O7.ClH/c1-45-24-28(36(52)44-17-7-5-4-6-9-27-11-13-29(14-12-27)48(19-15-40)20-16-41)21-34(45)50(38(55)56)31-23-35(47(3)26-31)51(39(57)58)30-22-33(46(2)25-30)49(37(53)54)18-8-10-32(42)43;/h11-14,21-26H,4-10,15-20H2,1-3H3,(H3,42,43)(H,44,52)(H,53,54)(H,55,56)(H,57,58);1H. The zero-order valence-corrected chi connectivity index (χ0v) is 35.6. The van der Waals surface area contributed by atoms with Gasteiger partial charge in [0.1, 0.15) is 17.5 Å². The monoisotopic (exact) mass is 878 g/mol. The van der Waals surface area contributed by atoms with Crippen molar-refractivity contribution in [2.24, 2.45) is 26.9 Å². The molecule has 3 aromatic heterocycles. The Balaban J connectivity index is 0.00000930. The third-order valence-electron chi connectivity index (χ3n) is 9.55. The molecule has 0 atom stereocenters. The van der Waals surface area contributed by atoms with Crippen LogP contribution in [0.15, 0.2) is 61.1 Å². The van der Waals surface area contributed by atoms with E-state index in [4.69, 9.17) is 34.3 Å². The second-order valence-electron chi connectivity index (χ2n) is 13.8. The van der Waals surface area contributed by atoms with Crippen LogP contribution in [0.3, 0.4) is 0 Å². The number of aryl methyl sites for hydroxylation is 4. The molecule has 7 N–H and O–H groups in total. The number of nitrogens with one attached hydrogen (secondary N) is 2. The molecule has 17 nitrogen and oxygen atoms in total. The zero-order valence-electron chi connectivity index (χ0n) is 33.3. The van der Waals surface area contributed by atoms with Crippen LogP contribution in [0.25, 0.3) is 0 Å². The maximum atomic E-state index is 13.1. The Labute approximate surface area is 359 Å². The second kappa shape index (κ2) is 22.6. The first kappa shape index (κ1) is 47.9. The molecule has 0 saturated heterocycles. The molecule has 1 aromatic carbocycles. The summed E-state index contributed by atoms with van der Waals surface area (Å²) in [5, 5.41) is 40.9. The fourth-order valence-corrected chi connectivity index (χ4v) is 7.09. The Bertz CT molecular complexity index is 2040. The van der Waals surface area contributed by atoms with Gasteiger partial charge in [-0.15, -0.1) is 35.6 Å². The number of unbranched alkanes of at least 4 members (excludes halogenated alkanes) is 3. The topological polar surface area (TPSA) is 219 Å². The number of alkyl halides is 2. The number of rotatable bonds is 22. The van der Waals surface area contributed by atoms with Gasteiger partial charge in [0.25, 0.3) is 5.91 Å². The van der Waals surface area contributed by atoms with Crippen LogP contribution >= 0.6 is 35.6 Å². The third-order valence-corrected chi connectivity index (χ3v) is 9.89. The van der Waals surface area contributed by atoms with Crippen molar-refractivity contribution in [2.75, 3.05) is 57.5 Å². The highest BCUT2D eigenvalue weighted by molar-refractivity contribution is 6.18. The van der Waals surface area contributed by atoms with Crippen LogP contribution in [0.2, 0.25) is 0 Å². The number of carboxylic acid groups (broad SMARTS) is 3. The predicted octanol–water partition coefficient (Wildman–Crippen LogP) is 7.77. The van der Waals surface area contributed by atoms with Crippen molar-refractivity contribution in [3.05, 3.63) is 72.2 Å². The smallest absolute Gasteiger partial charge is 0.417 e. The number of hydrogen-bond acceptors (Lipinski definition) is 6. The number of benzene rings is 1. The fourth-order valence-electron chi connectivity index (χ4n) is 6.68. The molecule has 0 aliphatic carbocycles. The summed E-state index contributed by atoms with van der Waals surface area (Å²) in [5.41, 5.74) is 8.24. The highest BCUT2D eigenvalue weighted by Gasteiger charge is 2.29. The van der Waals surface area contributed by atoms with Crippen molar-refractivity contribution in [1.82, 2.24) is 19.0 Å². The lowest BCUT2D eigenvalue weighted by atomic mass is 10.1. The quantitative estimate of drug-likeness (QED) is 0.0196. The van der Waals surface area contributed by atoms with Crippen LogP contribution in [0.5, 0.6) is 0 Å². The van der Waals surface area contributed by atoms with Crippen molar-refractivity contribution in [1.29, 1.82) is 5.41 Å². The molecule has 0 unspecified atom stereocenters. The van der Waals surface area contributed by atoms with Crippen LogP contribution < -0.4 is 30.7 Å². The number of hydrogen-bond donors (Lipinski definition) is 6. The minimum atomic E-state index is -1.40. The Morgan fingerprint density at radius 2 is 1.22 bits per heavy atom. The summed E-state index contributed by atoms with van der Waals surface area (Å²) in [7, 11) is 4.72. The first-order valence-electron chi connectivity index (χ1n) is 18.8. The molecule has 0 aliphatic heterocycles. The molecule has 0 bridgehead atoms. The number of carbonyl (C=O) groups excluding carboxylic acids is 1. The highest BCUT2D eigenvalue weighted by Crippen LogP contribution is 2.36. The van der Waals surface area contributed by atoms with E-state index < -0.39 is 18.3 Å². The number of amidine groups is 1. The predicted molar refractivity (Wildman–Crippen MR) is 235 cm³/mol. The van der Waals surface area contributed by atoms with Crippen LogP contribution in [-0.4, -0.2) is 97.0 Å². The van der Waals surface area contributed by atoms with Gasteiger partial charge in [-0.25, -0.2) is 24.2 Å². The van der Waals surface area contributed by atoms with E-state index in [0.29, 0.717) is 18.3 Å². The van der Waals surface area contributed by atoms with E-state index in [0.717, 1.165) is 65.6 Å². The SMILES string of the molecule is Cl.Cn1cc(N(C(=O)O)c2cc(N(C(=O)O)c3cc(C(=O)NCCCCCCc4ccc(N(CCCl)CCCl)cc4)cn3C)cn2C)cc1N(CCCC(=N)N)C(=O)O. The van der Waals surface area contributed by atoms with E-state index in [1.165, 1.54) is 56.1 Å². The number of nitrogens with zero attached hydrogens (tertiary/aromatic N) is 7. The summed E-state index contributed by atoms with van der Waals surface area (Å²) in [4.78, 5) is 55.6. The van der Waals surface area contributed by atoms with Crippen LogP contribution in [0.1, 0.15) is 54.4 Å². The van der Waals surface area contributed by atoms with Gasteiger partial charge >= 0.3 is 18.3 Å². The van der Waals surface area contributed by atoms with E-state index in [1.54, 1.807) is 21.1 Å². The number of carbonyl (C=O) groups is 4. The summed E-state index contributed by atoms with van der Waals surface area (Å²) in [6.07, 6.45) is 5.50. The van der Waals surface area contributed by atoms with Crippen LogP contribution in [-0.2, 0) is 27.6 Å². The molecule has 3 heterocycles. The van der Waals surface area contributed by atoms with E-state index in [-0.39, 0.29) is 77.9 Å². The first-order valence-corrected chi connectivity index (χ1v) is 19.9. The van der Waals surface area contributed by atoms with Crippen molar-refractivity contribution in [3.8, 4) is 0 Å². The van der Waals surface area contributed by atoms with Gasteiger partial charge in [-0.2, -0.15) is 0 Å². The lowest BCUT2D eigenvalue weighted by Gasteiger charge is -2.23. The Kier molecular flexibility index (Phi) is 18.3. The summed E-state index contributed by atoms with van der Waals surface area (Å²) >= 11 is 11.9. The van der Waals surface area contributed by atoms with Gasteiger partial charge in [-0.05, 0) is 49.4 Å². The maximum Gasteiger partial charge on any atom is 0.417 e. The normalized spacial score (nSPS) is 10.8. The fraction of sp³-hybridized carbons (Fsp3) is 0.410. The number of aromatic nitrogens is 3. The van der Waals surface area contributed by atoms with E-state index in [1.807, 2.05) is 0 Å². The molecule has 322 valence electrons. The number of halogens is 3. The summed E-state index contributed by atoms with van der Waals surface area (Å²) < 4.78 is 4.39. The molecule has 0 spiro atoms. The molecule has 0 fully saturated rings. The van der Waals surface area contributed by atoms with Crippen molar-refractivity contribution in [2.45, 2.75) is 44.9 Å². The van der Waals surface area contributed by atoms with Gasteiger partial charge in [-0.3, -0.25) is 15.1 Å². The highest BCUT2D eigenvalue weighted by atomic mass is 35.5. The molecular formula is C39H53Cl3N10O7. The molecular weight excluding hydrogens is 827 g/mol. The van der Waals surface area contributed by atoms with Crippen molar-refractivity contribution < 1.29 is 34.5 Å². The molecule has 0 aliphatic rings. The minimum absolute atomic E-state index is 0. The zero-order chi connectivity index (χ0) is 42.5. The largest absolute Gasteiger partial charge is 0.465 e. The Morgan fingerprint density at radius 1 is 0.695 bits per heavy atom. The Hall–Kier alpha value is -5.52. The summed E-state index contributed by atoms with van der Waals surface area (Å²) in [6, 6.07) is 12.7. The average Bonchev–Trinajstić information content (AvgIpc) is 3.85. The number of nitrogens with two attached hydrogens (primary N) is 1. The second-order valence-corrected chi connectivity index (χ2v) is 14.5. The van der Waals surface area contributed by atoms with E-state index >= 15 is 0 Å². The minimum Gasteiger partial charge on any atom is -0.465 e. The van der Waals surface area contributed by atoms with Crippen molar-refractivity contribution in [3.63, 3.8) is 0 Å². The van der Waals surface area contributed by atoms with Gasteiger partial charge in [0.15, 0.2) is 0 Å². The maximum absolute atomic E-state index is 13.1. The molecule has 0 saturated carbocycles. The molecule has 4 aromatic rings. The third kappa shape index (κ3) is 12.7. The molecule has 0 radical (unpaired) electrons. The van der Waals surface area contributed by atoms with E-state index in [9.17, 15) is 34.5 Å². The lowest BCUT2D eigenvalue weighted by Crippen LogP contribution is -2.32. The van der Waals surface area contributed by atoms with Gasteiger partial charge in [0, 0.05) is 102 Å². The molecule has 59 heavy (non-hydrogen) atoms. The van der Waals surface area contributed by atoms with Crippen LogP contribution in [0, 0.1) is 5.41 Å². The van der Waals surface area contributed by atoms with Gasteiger partial charge in [0.05, 0.1) is 22.8 Å². The average molecular weight is 880 g/mol. The van der Waals surface area contributed by atoms with Crippen molar-refractivity contribution >= 4 is 100 Å². The van der Waals surface area contributed by atoms with Gasteiger partial charge < -0.3 is 45.0 Å². The van der Waals surface area contributed by atoms with Gasteiger partial charge in [0.2, 0.25) is 0 Å². The summed E-state index contributed by atoms with van der Waals surface area (Å²) in [6.45, 7) is 1.95. The number of anilines is 6. The summed E-state index contributed by atoms with van der Waals surface area (Å²) in [5.74, 6) is 1.04. The van der Waals surface area contributed by atoms with E-state index in [2.05, 4.69) is 34.5 Å². The number of amides is 4. The van der Waals surface area contributed by atoms with Crippen LogP contribution in [0.4, 0.5) is 48.9 Å².